The first-order chi connectivity index (χ1) is 9.20. The minimum absolute atomic E-state index is 0.0256. The summed E-state index contributed by atoms with van der Waals surface area (Å²) in [6.45, 7) is 3.54. The number of benzene rings is 1. The van der Waals surface area contributed by atoms with Gasteiger partial charge in [-0.2, -0.15) is 0 Å². The van der Waals surface area contributed by atoms with Gasteiger partial charge in [0.25, 0.3) is 5.91 Å². The largest absolute Gasteiger partial charge is 0.387 e. The molecule has 1 aliphatic rings. The molecule has 2 rings (SSSR count). The van der Waals surface area contributed by atoms with Gasteiger partial charge in [0.2, 0.25) is 0 Å². The minimum Gasteiger partial charge on any atom is -0.387 e. The molecule has 104 valence electrons. The lowest BCUT2D eigenvalue weighted by Gasteiger charge is -2.12. The summed E-state index contributed by atoms with van der Waals surface area (Å²) in [5.41, 5.74) is 2.70. The lowest BCUT2D eigenvalue weighted by molar-refractivity contribution is 0.0908. The van der Waals surface area contributed by atoms with Gasteiger partial charge in [0.15, 0.2) is 0 Å². The summed E-state index contributed by atoms with van der Waals surface area (Å²) in [6.07, 6.45) is 3.47. The van der Waals surface area contributed by atoms with E-state index in [0.717, 1.165) is 37.1 Å². The second-order valence-electron chi connectivity index (χ2n) is 4.98. The molecule has 1 aromatic carbocycles. The van der Waals surface area contributed by atoms with Crippen LogP contribution in [0.15, 0.2) is 18.2 Å². The Morgan fingerprint density at radius 2 is 2.32 bits per heavy atom. The summed E-state index contributed by atoms with van der Waals surface area (Å²) < 4.78 is 5.54. The number of nitrogens with one attached hydrogen (secondary N) is 2. The number of carbonyl (C=O) groups is 1. The molecule has 0 spiro atoms. The highest BCUT2D eigenvalue weighted by Gasteiger charge is 2.16. The number of anilines is 1. The average Bonchev–Trinajstić information content (AvgIpc) is 2.91. The molecule has 0 saturated carbocycles. The zero-order valence-electron chi connectivity index (χ0n) is 11.7. The molecule has 2 N–H and O–H groups in total. The van der Waals surface area contributed by atoms with Crippen LogP contribution < -0.4 is 10.6 Å². The fraction of sp³-hybridized carbons (Fsp3) is 0.533. The van der Waals surface area contributed by atoms with Crippen molar-refractivity contribution in [3.63, 3.8) is 0 Å². The van der Waals surface area contributed by atoms with Crippen molar-refractivity contribution in [2.75, 3.05) is 25.5 Å². The number of amides is 1. The smallest absolute Gasteiger partial charge is 0.253 e. The Morgan fingerprint density at radius 3 is 3.00 bits per heavy atom. The number of ether oxygens (including phenoxy) is 1. The maximum atomic E-state index is 12.1. The first-order valence-corrected chi connectivity index (χ1v) is 6.89. The zero-order chi connectivity index (χ0) is 13.7. The quantitative estimate of drug-likeness (QED) is 0.856. The van der Waals surface area contributed by atoms with Crippen LogP contribution in [0.25, 0.3) is 0 Å². The molecule has 1 aliphatic heterocycles. The molecule has 4 heteroatoms. The molecule has 1 aromatic rings. The fourth-order valence-electron chi connectivity index (χ4n) is 2.38. The predicted octanol–water partition coefficient (Wildman–Crippen LogP) is 2.34. The Kier molecular flexibility index (Phi) is 4.80. The summed E-state index contributed by atoms with van der Waals surface area (Å²) in [5.74, 6) is -0.0256. The van der Waals surface area contributed by atoms with Crippen molar-refractivity contribution in [3.05, 3.63) is 29.3 Å². The van der Waals surface area contributed by atoms with E-state index in [2.05, 4.69) is 10.6 Å². The molecule has 19 heavy (non-hydrogen) atoms. The lowest BCUT2D eigenvalue weighted by Crippen LogP contribution is -2.27. The van der Waals surface area contributed by atoms with E-state index < -0.39 is 0 Å². The molecule has 1 amide bonds. The minimum atomic E-state index is -0.0256. The normalized spacial score (nSPS) is 18.3. The number of hydrogen-bond donors (Lipinski definition) is 2. The van der Waals surface area contributed by atoms with Crippen LogP contribution in [0.4, 0.5) is 5.69 Å². The van der Waals surface area contributed by atoms with Crippen LogP contribution in [0.2, 0.25) is 0 Å². The van der Waals surface area contributed by atoms with Gasteiger partial charge in [0.1, 0.15) is 0 Å². The number of hydrogen-bond acceptors (Lipinski definition) is 3. The van der Waals surface area contributed by atoms with Crippen LogP contribution in [-0.2, 0) is 4.74 Å². The summed E-state index contributed by atoms with van der Waals surface area (Å²) in [7, 11) is 1.83. The Morgan fingerprint density at radius 1 is 1.47 bits per heavy atom. The van der Waals surface area contributed by atoms with Crippen molar-refractivity contribution in [1.29, 1.82) is 0 Å². The van der Waals surface area contributed by atoms with Crippen molar-refractivity contribution < 1.29 is 9.53 Å². The highest BCUT2D eigenvalue weighted by atomic mass is 16.5. The molecule has 0 radical (unpaired) electrons. The Balaban J connectivity index is 1.88. The number of rotatable bonds is 5. The third-order valence-electron chi connectivity index (χ3n) is 3.46. The predicted molar refractivity (Wildman–Crippen MR) is 76.6 cm³/mol. The van der Waals surface area contributed by atoms with Gasteiger partial charge in [-0.05, 0) is 43.9 Å². The van der Waals surface area contributed by atoms with Crippen molar-refractivity contribution in [1.82, 2.24) is 5.32 Å². The first-order valence-electron chi connectivity index (χ1n) is 6.89. The average molecular weight is 262 g/mol. The Bertz CT molecular complexity index is 440. The lowest BCUT2D eigenvalue weighted by atomic mass is 10.1. The monoisotopic (exact) mass is 262 g/mol. The molecule has 1 fully saturated rings. The van der Waals surface area contributed by atoms with Crippen molar-refractivity contribution in [2.45, 2.75) is 32.3 Å². The number of carbonyl (C=O) groups excluding carboxylic acids is 1. The van der Waals surface area contributed by atoms with Crippen LogP contribution in [0.3, 0.4) is 0 Å². The maximum absolute atomic E-state index is 12.1. The Hall–Kier alpha value is -1.55. The van der Waals surface area contributed by atoms with Gasteiger partial charge in [-0.3, -0.25) is 4.79 Å². The maximum Gasteiger partial charge on any atom is 0.253 e. The summed E-state index contributed by atoms with van der Waals surface area (Å²) in [6, 6.07) is 5.80. The van der Waals surface area contributed by atoms with Crippen molar-refractivity contribution >= 4 is 11.6 Å². The van der Waals surface area contributed by atoms with Gasteiger partial charge in [-0.1, -0.05) is 6.07 Å². The van der Waals surface area contributed by atoms with E-state index in [-0.39, 0.29) is 5.91 Å². The molecule has 1 atom stereocenters. The summed E-state index contributed by atoms with van der Waals surface area (Å²) >= 11 is 0. The molecular formula is C15H22N2O2. The van der Waals surface area contributed by atoms with Gasteiger partial charge in [-0.15, -0.1) is 0 Å². The molecule has 1 heterocycles. The van der Waals surface area contributed by atoms with E-state index in [1.807, 2.05) is 32.2 Å². The standard InChI is InChI=1S/C15H22N2O2/c1-11-5-6-13(14(10-11)16-2)15(18)17-8-7-12-4-3-9-19-12/h5-6,10,12,16H,3-4,7-9H2,1-2H3,(H,17,18). The second kappa shape index (κ2) is 6.57. The van der Waals surface area contributed by atoms with Crippen LogP contribution in [0, 0.1) is 6.92 Å². The van der Waals surface area contributed by atoms with E-state index >= 15 is 0 Å². The third kappa shape index (κ3) is 3.70. The zero-order valence-corrected chi connectivity index (χ0v) is 11.7. The van der Waals surface area contributed by atoms with Crippen LogP contribution in [0.1, 0.15) is 35.2 Å². The van der Waals surface area contributed by atoms with E-state index in [9.17, 15) is 4.79 Å². The van der Waals surface area contributed by atoms with E-state index in [0.29, 0.717) is 18.2 Å². The molecule has 0 aromatic heterocycles. The van der Waals surface area contributed by atoms with Crippen molar-refractivity contribution in [2.24, 2.45) is 0 Å². The third-order valence-corrected chi connectivity index (χ3v) is 3.46. The topological polar surface area (TPSA) is 50.4 Å². The highest BCUT2D eigenvalue weighted by molar-refractivity contribution is 5.99. The van der Waals surface area contributed by atoms with Gasteiger partial charge in [0, 0.05) is 25.9 Å². The summed E-state index contributed by atoms with van der Waals surface area (Å²) in [4.78, 5) is 12.1. The second-order valence-corrected chi connectivity index (χ2v) is 4.98. The van der Waals surface area contributed by atoms with Gasteiger partial charge in [-0.25, -0.2) is 0 Å². The fourth-order valence-corrected chi connectivity index (χ4v) is 2.38. The Labute approximate surface area is 114 Å². The molecule has 1 unspecified atom stereocenters. The molecule has 0 aliphatic carbocycles. The van der Waals surface area contributed by atoms with Crippen LogP contribution in [0.5, 0.6) is 0 Å². The SMILES string of the molecule is CNc1cc(C)ccc1C(=O)NCCC1CCCO1. The van der Waals surface area contributed by atoms with Crippen LogP contribution >= 0.6 is 0 Å². The number of aryl methyl sites for hydroxylation is 1. The summed E-state index contributed by atoms with van der Waals surface area (Å²) in [5, 5.41) is 6.02. The highest BCUT2D eigenvalue weighted by Crippen LogP contribution is 2.17. The van der Waals surface area contributed by atoms with Gasteiger partial charge < -0.3 is 15.4 Å². The van der Waals surface area contributed by atoms with Gasteiger partial charge >= 0.3 is 0 Å². The van der Waals surface area contributed by atoms with E-state index in [1.165, 1.54) is 0 Å². The van der Waals surface area contributed by atoms with E-state index in [1.54, 1.807) is 0 Å². The first kappa shape index (κ1) is 13.9. The van der Waals surface area contributed by atoms with E-state index in [4.69, 9.17) is 4.74 Å². The van der Waals surface area contributed by atoms with Gasteiger partial charge in [0.05, 0.1) is 11.7 Å². The van der Waals surface area contributed by atoms with Crippen LogP contribution in [-0.4, -0.2) is 32.2 Å². The molecule has 4 nitrogen and oxygen atoms in total. The molecule has 1 saturated heterocycles. The van der Waals surface area contributed by atoms with Crippen molar-refractivity contribution in [3.8, 4) is 0 Å². The molecular weight excluding hydrogens is 240 g/mol. The molecule has 0 bridgehead atoms.